The van der Waals surface area contributed by atoms with Crippen molar-refractivity contribution in [2.75, 3.05) is 31.6 Å². The third kappa shape index (κ3) is 4.51. The summed E-state index contributed by atoms with van der Waals surface area (Å²) < 4.78 is 5.33. The zero-order chi connectivity index (χ0) is 18.4. The van der Waals surface area contributed by atoms with Crippen LogP contribution in [0.15, 0.2) is 42.5 Å². The number of ether oxygens (including phenoxy) is 1. The van der Waals surface area contributed by atoms with Crippen LogP contribution in [0.4, 0.5) is 5.82 Å². The maximum Gasteiger partial charge on any atom is 0.245 e. The Labute approximate surface area is 157 Å². The summed E-state index contributed by atoms with van der Waals surface area (Å²) in [7, 11) is 0. The molecule has 0 radical (unpaired) electrons. The number of nitriles is 1. The summed E-state index contributed by atoms with van der Waals surface area (Å²) in [5.74, 6) is 0.445. The lowest BCUT2D eigenvalue weighted by molar-refractivity contribution is -0.136. The van der Waals surface area contributed by atoms with E-state index in [2.05, 4.69) is 10.3 Å². The molecule has 2 aromatic rings. The van der Waals surface area contributed by atoms with Gasteiger partial charge in [0.2, 0.25) is 5.91 Å². The minimum atomic E-state index is -0.490. The summed E-state index contributed by atoms with van der Waals surface area (Å²) in [6, 6.07) is 14.5. The molecule has 0 aliphatic carbocycles. The van der Waals surface area contributed by atoms with Crippen LogP contribution < -0.4 is 5.32 Å². The van der Waals surface area contributed by atoms with Gasteiger partial charge in [-0.2, -0.15) is 5.26 Å². The summed E-state index contributed by atoms with van der Waals surface area (Å²) in [5.41, 5.74) is 1.18. The van der Waals surface area contributed by atoms with Gasteiger partial charge in [-0.15, -0.1) is 0 Å². The number of nitrogens with zero attached hydrogens (tertiary/aromatic N) is 3. The molecule has 1 saturated heterocycles. The van der Waals surface area contributed by atoms with Crippen LogP contribution in [0.3, 0.4) is 0 Å². The van der Waals surface area contributed by atoms with Crippen molar-refractivity contribution in [2.24, 2.45) is 0 Å². The van der Waals surface area contributed by atoms with Gasteiger partial charge in [0.25, 0.3) is 0 Å². The number of benzene rings is 1. The lowest BCUT2D eigenvalue weighted by atomic mass is 10.0. The Morgan fingerprint density at radius 1 is 1.27 bits per heavy atom. The first-order chi connectivity index (χ1) is 12.7. The average Bonchev–Trinajstić information content (AvgIpc) is 2.69. The minimum absolute atomic E-state index is 0.00703. The van der Waals surface area contributed by atoms with Gasteiger partial charge < -0.3 is 15.0 Å². The van der Waals surface area contributed by atoms with Crippen molar-refractivity contribution < 1.29 is 9.53 Å². The molecule has 0 saturated carbocycles. The van der Waals surface area contributed by atoms with E-state index in [1.807, 2.05) is 36.4 Å². The first-order valence-corrected chi connectivity index (χ1v) is 8.79. The smallest absolute Gasteiger partial charge is 0.245 e. The highest BCUT2D eigenvalue weighted by Gasteiger charge is 2.26. The zero-order valence-corrected chi connectivity index (χ0v) is 14.9. The molecule has 1 amide bonds. The van der Waals surface area contributed by atoms with Crippen LogP contribution in [-0.4, -0.2) is 48.1 Å². The van der Waals surface area contributed by atoms with Crippen LogP contribution in [0, 0.1) is 11.3 Å². The summed E-state index contributed by atoms with van der Waals surface area (Å²) in [6.45, 7) is 2.23. The van der Waals surface area contributed by atoms with Crippen molar-refractivity contribution in [3.05, 3.63) is 58.7 Å². The number of nitrogens with one attached hydrogen (secondary N) is 1. The number of pyridine rings is 1. The predicted octanol–water partition coefficient (Wildman–Crippen LogP) is 2.49. The molecule has 1 aliphatic rings. The normalized spacial score (nSPS) is 15.2. The van der Waals surface area contributed by atoms with Crippen molar-refractivity contribution in [2.45, 2.75) is 12.5 Å². The van der Waals surface area contributed by atoms with Gasteiger partial charge in [-0.1, -0.05) is 41.9 Å². The number of carbonyl (C=O) groups excluding carboxylic acids is 1. The number of aromatic nitrogens is 1. The minimum Gasteiger partial charge on any atom is -0.378 e. The standard InChI is InChI=1S/C19H19ClN4O2/c20-15-6-7-18(23-17(15)13-21)22-16(12-14-4-2-1-3-5-14)19(25)24-8-10-26-11-9-24/h1-7,16H,8-12H2,(H,22,23). The van der Waals surface area contributed by atoms with Gasteiger partial charge >= 0.3 is 0 Å². The van der Waals surface area contributed by atoms with Crippen molar-refractivity contribution >= 4 is 23.3 Å². The van der Waals surface area contributed by atoms with E-state index in [0.717, 1.165) is 5.56 Å². The predicted molar refractivity (Wildman–Crippen MR) is 98.9 cm³/mol. The number of anilines is 1. The maximum atomic E-state index is 13.0. The van der Waals surface area contributed by atoms with Crippen molar-refractivity contribution in [3.63, 3.8) is 0 Å². The molecule has 3 rings (SSSR count). The van der Waals surface area contributed by atoms with Crippen LogP contribution in [0.2, 0.25) is 5.02 Å². The molecule has 1 aromatic heterocycles. The molecule has 0 bridgehead atoms. The van der Waals surface area contributed by atoms with Crippen molar-refractivity contribution in [1.82, 2.24) is 9.88 Å². The summed E-state index contributed by atoms with van der Waals surface area (Å²) in [5, 5.41) is 12.6. The highest BCUT2D eigenvalue weighted by atomic mass is 35.5. The number of amides is 1. The van der Waals surface area contributed by atoms with Crippen molar-refractivity contribution in [3.8, 4) is 6.07 Å². The molecule has 134 valence electrons. The molecule has 0 spiro atoms. The second-order valence-electron chi connectivity index (χ2n) is 5.96. The quantitative estimate of drug-likeness (QED) is 0.874. The third-order valence-electron chi connectivity index (χ3n) is 4.18. The molecule has 2 heterocycles. The van der Waals surface area contributed by atoms with Crippen LogP contribution in [0.25, 0.3) is 0 Å². The van der Waals surface area contributed by atoms with Crippen LogP contribution in [0.1, 0.15) is 11.3 Å². The molecule has 7 heteroatoms. The van der Waals surface area contributed by atoms with Crippen molar-refractivity contribution in [1.29, 1.82) is 5.26 Å². The highest BCUT2D eigenvalue weighted by Crippen LogP contribution is 2.18. The van der Waals surface area contributed by atoms with Gasteiger partial charge in [0.15, 0.2) is 5.69 Å². The van der Waals surface area contributed by atoms with E-state index in [4.69, 9.17) is 21.6 Å². The second-order valence-corrected chi connectivity index (χ2v) is 6.37. The number of hydrogen-bond acceptors (Lipinski definition) is 5. The van der Waals surface area contributed by atoms with E-state index in [0.29, 0.717) is 38.5 Å². The monoisotopic (exact) mass is 370 g/mol. The summed E-state index contributed by atoms with van der Waals surface area (Å²) in [6.07, 6.45) is 0.517. The Bertz CT molecular complexity index is 801. The molecule has 26 heavy (non-hydrogen) atoms. The number of morpholine rings is 1. The highest BCUT2D eigenvalue weighted by molar-refractivity contribution is 6.31. The largest absolute Gasteiger partial charge is 0.378 e. The number of hydrogen-bond donors (Lipinski definition) is 1. The van der Waals surface area contributed by atoms with Crippen LogP contribution in [-0.2, 0) is 16.0 Å². The molecular formula is C19H19ClN4O2. The fourth-order valence-corrected chi connectivity index (χ4v) is 2.98. The van der Waals surface area contributed by atoms with Crippen LogP contribution in [0.5, 0.6) is 0 Å². The fraction of sp³-hybridized carbons (Fsp3) is 0.316. The Morgan fingerprint density at radius 3 is 2.69 bits per heavy atom. The summed E-state index contributed by atoms with van der Waals surface area (Å²) in [4.78, 5) is 19.0. The topological polar surface area (TPSA) is 78.2 Å². The van der Waals surface area contributed by atoms with Gasteiger partial charge in [0.1, 0.15) is 17.9 Å². The first-order valence-electron chi connectivity index (χ1n) is 8.41. The number of halogens is 1. The SMILES string of the molecule is N#Cc1nc(NC(Cc2ccccc2)C(=O)N2CCOCC2)ccc1Cl. The van der Waals surface area contributed by atoms with Gasteiger partial charge in [0.05, 0.1) is 18.2 Å². The lowest BCUT2D eigenvalue weighted by Gasteiger charge is -2.31. The van der Waals surface area contributed by atoms with Gasteiger partial charge in [-0.25, -0.2) is 4.98 Å². The van der Waals surface area contributed by atoms with Gasteiger partial charge in [-0.3, -0.25) is 4.79 Å². The Balaban J connectivity index is 1.82. The molecule has 1 aliphatic heterocycles. The molecule has 6 nitrogen and oxygen atoms in total. The second kappa shape index (κ2) is 8.65. The number of carbonyl (C=O) groups is 1. The molecule has 1 unspecified atom stereocenters. The van der Waals surface area contributed by atoms with Gasteiger partial charge in [-0.05, 0) is 17.7 Å². The van der Waals surface area contributed by atoms with E-state index >= 15 is 0 Å². The molecule has 1 N–H and O–H groups in total. The lowest BCUT2D eigenvalue weighted by Crippen LogP contribution is -2.48. The Morgan fingerprint density at radius 2 is 2.00 bits per heavy atom. The van der Waals surface area contributed by atoms with E-state index in [-0.39, 0.29) is 16.6 Å². The molecule has 1 fully saturated rings. The van der Waals surface area contributed by atoms with E-state index in [1.165, 1.54) is 0 Å². The Hall–Kier alpha value is -2.62. The average molecular weight is 371 g/mol. The maximum absolute atomic E-state index is 13.0. The first kappa shape index (κ1) is 18.2. The third-order valence-corrected chi connectivity index (χ3v) is 4.48. The fourth-order valence-electron chi connectivity index (χ4n) is 2.83. The molecule has 1 aromatic carbocycles. The van der Waals surface area contributed by atoms with E-state index < -0.39 is 6.04 Å². The van der Waals surface area contributed by atoms with E-state index in [9.17, 15) is 4.79 Å². The zero-order valence-electron chi connectivity index (χ0n) is 14.2. The Kier molecular flexibility index (Phi) is 6.05. The van der Waals surface area contributed by atoms with Gasteiger partial charge in [0, 0.05) is 19.5 Å². The van der Waals surface area contributed by atoms with Crippen LogP contribution >= 0.6 is 11.6 Å². The number of rotatable bonds is 5. The molecular weight excluding hydrogens is 352 g/mol. The van der Waals surface area contributed by atoms with E-state index in [1.54, 1.807) is 17.0 Å². The molecule has 1 atom stereocenters. The summed E-state index contributed by atoms with van der Waals surface area (Å²) >= 11 is 5.95.